The van der Waals surface area contributed by atoms with Crippen LogP contribution in [0, 0.1) is 0 Å². The SMILES string of the molecule is COc1ccc(CCNC(=O)CSc2nc3ccccc3c(=O)n2CCN(C(C)C)C(C)C)cc1. The second-order valence-electron chi connectivity index (χ2n) is 9.03. The van der Waals surface area contributed by atoms with E-state index < -0.39 is 0 Å². The number of para-hydroxylation sites is 1. The molecule has 35 heavy (non-hydrogen) atoms. The number of methoxy groups -OCH3 is 1. The van der Waals surface area contributed by atoms with Crippen LogP contribution < -0.4 is 15.6 Å². The zero-order valence-electron chi connectivity index (χ0n) is 21.3. The largest absolute Gasteiger partial charge is 0.497 e. The van der Waals surface area contributed by atoms with E-state index in [-0.39, 0.29) is 17.2 Å². The van der Waals surface area contributed by atoms with E-state index in [0.717, 1.165) is 24.3 Å². The summed E-state index contributed by atoms with van der Waals surface area (Å²) in [4.78, 5) is 32.9. The van der Waals surface area contributed by atoms with Crippen molar-refractivity contribution >= 4 is 28.6 Å². The Bertz CT molecular complexity index is 1170. The Labute approximate surface area is 211 Å². The molecule has 0 aliphatic heterocycles. The van der Waals surface area contributed by atoms with Gasteiger partial charge in [-0.3, -0.25) is 19.1 Å². The molecule has 1 aromatic heterocycles. The van der Waals surface area contributed by atoms with E-state index in [1.807, 2.05) is 48.5 Å². The molecule has 0 atom stereocenters. The lowest BCUT2D eigenvalue weighted by Gasteiger charge is -2.30. The number of benzene rings is 2. The zero-order chi connectivity index (χ0) is 25.4. The molecular weight excluding hydrogens is 460 g/mol. The van der Waals surface area contributed by atoms with Crippen LogP contribution in [0.15, 0.2) is 58.5 Å². The van der Waals surface area contributed by atoms with Crippen molar-refractivity contribution in [1.29, 1.82) is 0 Å². The van der Waals surface area contributed by atoms with Crippen LogP contribution in [0.5, 0.6) is 5.75 Å². The summed E-state index contributed by atoms with van der Waals surface area (Å²) in [5.41, 5.74) is 1.72. The molecule has 0 saturated heterocycles. The first-order chi connectivity index (χ1) is 16.8. The van der Waals surface area contributed by atoms with E-state index >= 15 is 0 Å². The number of carbonyl (C=O) groups excluding carboxylic acids is 1. The second kappa shape index (κ2) is 12.7. The normalized spacial score (nSPS) is 11.5. The quantitative estimate of drug-likeness (QED) is 0.302. The van der Waals surface area contributed by atoms with Crippen molar-refractivity contribution in [3.05, 3.63) is 64.4 Å². The average molecular weight is 497 g/mol. The molecule has 3 rings (SSSR count). The third-order valence-electron chi connectivity index (χ3n) is 5.96. The molecule has 3 aromatic rings. The van der Waals surface area contributed by atoms with Crippen LogP contribution in [0.25, 0.3) is 10.9 Å². The zero-order valence-corrected chi connectivity index (χ0v) is 22.1. The third-order valence-corrected chi connectivity index (χ3v) is 6.94. The first-order valence-corrected chi connectivity index (χ1v) is 13.1. The highest BCUT2D eigenvalue weighted by molar-refractivity contribution is 7.99. The second-order valence-corrected chi connectivity index (χ2v) is 9.97. The van der Waals surface area contributed by atoms with Gasteiger partial charge in [-0.25, -0.2) is 4.98 Å². The number of aromatic nitrogens is 2. The molecule has 2 aromatic carbocycles. The van der Waals surface area contributed by atoms with Gasteiger partial charge >= 0.3 is 0 Å². The number of fused-ring (bicyclic) bond motifs is 1. The standard InChI is InChI=1S/C27H36N4O3S/c1-19(2)30(20(3)4)16-17-31-26(33)23-8-6-7-9-24(23)29-27(31)35-18-25(32)28-15-14-21-10-12-22(34-5)13-11-21/h6-13,19-20H,14-18H2,1-5H3,(H,28,32). The highest BCUT2D eigenvalue weighted by Gasteiger charge is 2.17. The van der Waals surface area contributed by atoms with Gasteiger partial charge in [-0.2, -0.15) is 0 Å². The maximum atomic E-state index is 13.3. The van der Waals surface area contributed by atoms with E-state index in [2.05, 4.69) is 37.9 Å². The van der Waals surface area contributed by atoms with E-state index in [1.54, 1.807) is 11.7 Å². The van der Waals surface area contributed by atoms with Crippen molar-refractivity contribution in [1.82, 2.24) is 19.8 Å². The van der Waals surface area contributed by atoms with Gasteiger partial charge in [-0.15, -0.1) is 0 Å². The number of carbonyl (C=O) groups is 1. The number of ether oxygens (including phenoxy) is 1. The summed E-state index contributed by atoms with van der Waals surface area (Å²) in [7, 11) is 1.64. The minimum atomic E-state index is -0.0801. The van der Waals surface area contributed by atoms with Gasteiger partial charge in [0, 0.05) is 31.7 Å². The van der Waals surface area contributed by atoms with Gasteiger partial charge in [0.25, 0.3) is 5.56 Å². The number of hydrogen-bond donors (Lipinski definition) is 1. The topological polar surface area (TPSA) is 76.5 Å². The molecule has 0 aliphatic carbocycles. The van der Waals surface area contributed by atoms with Crippen molar-refractivity contribution in [3.63, 3.8) is 0 Å². The summed E-state index contributed by atoms with van der Waals surface area (Å²) < 4.78 is 6.90. The molecule has 0 fully saturated rings. The molecule has 1 heterocycles. The summed E-state index contributed by atoms with van der Waals surface area (Å²) in [6.45, 7) is 10.4. The molecular formula is C27H36N4O3S. The highest BCUT2D eigenvalue weighted by atomic mass is 32.2. The molecule has 188 valence electrons. The molecule has 0 unspecified atom stereocenters. The van der Waals surface area contributed by atoms with Crippen LogP contribution in [-0.4, -0.2) is 58.4 Å². The fourth-order valence-corrected chi connectivity index (χ4v) is 4.96. The molecule has 8 heteroatoms. The Morgan fingerprint density at radius 1 is 1.09 bits per heavy atom. The average Bonchev–Trinajstić information content (AvgIpc) is 2.84. The van der Waals surface area contributed by atoms with E-state index in [1.165, 1.54) is 11.8 Å². The van der Waals surface area contributed by atoms with Crippen LogP contribution in [0.1, 0.15) is 33.3 Å². The summed E-state index contributed by atoms with van der Waals surface area (Å²) in [6, 6.07) is 15.9. The van der Waals surface area contributed by atoms with Crippen molar-refractivity contribution in [3.8, 4) is 5.75 Å². The first-order valence-electron chi connectivity index (χ1n) is 12.1. The lowest BCUT2D eigenvalue weighted by atomic mass is 10.1. The summed E-state index contributed by atoms with van der Waals surface area (Å²) in [5.74, 6) is 0.933. The Kier molecular flexibility index (Phi) is 9.74. The van der Waals surface area contributed by atoms with Crippen molar-refractivity contribution in [2.75, 3.05) is 26.0 Å². The van der Waals surface area contributed by atoms with Crippen molar-refractivity contribution in [2.24, 2.45) is 0 Å². The fraction of sp³-hybridized carbons (Fsp3) is 0.444. The van der Waals surface area contributed by atoms with Crippen molar-refractivity contribution < 1.29 is 9.53 Å². The number of amides is 1. The molecule has 1 N–H and O–H groups in total. The predicted molar refractivity (Wildman–Crippen MR) is 143 cm³/mol. The summed E-state index contributed by atoms with van der Waals surface area (Å²) >= 11 is 1.31. The fourth-order valence-electron chi connectivity index (χ4n) is 4.10. The van der Waals surface area contributed by atoms with Crippen molar-refractivity contribution in [2.45, 2.75) is 57.9 Å². The van der Waals surface area contributed by atoms with Gasteiger partial charge < -0.3 is 10.1 Å². The summed E-state index contributed by atoms with van der Waals surface area (Å²) in [6.07, 6.45) is 0.736. The lowest BCUT2D eigenvalue weighted by Crippen LogP contribution is -2.40. The molecule has 0 aliphatic rings. The first kappa shape index (κ1) is 26.8. The molecule has 7 nitrogen and oxygen atoms in total. The van der Waals surface area contributed by atoms with Gasteiger partial charge in [0.05, 0.1) is 23.8 Å². The summed E-state index contributed by atoms with van der Waals surface area (Å²) in [5, 5.41) is 4.14. The Balaban J connectivity index is 1.67. The monoisotopic (exact) mass is 496 g/mol. The van der Waals surface area contributed by atoms with Gasteiger partial charge in [0.15, 0.2) is 5.16 Å². The van der Waals surface area contributed by atoms with Crippen LogP contribution in [0.4, 0.5) is 0 Å². The number of nitrogens with one attached hydrogen (secondary N) is 1. The smallest absolute Gasteiger partial charge is 0.262 e. The number of hydrogen-bond acceptors (Lipinski definition) is 6. The Hall–Kier alpha value is -2.84. The molecule has 0 saturated carbocycles. The van der Waals surface area contributed by atoms with E-state index in [0.29, 0.717) is 41.2 Å². The van der Waals surface area contributed by atoms with Gasteiger partial charge in [-0.05, 0) is 63.9 Å². The molecule has 0 radical (unpaired) electrons. The molecule has 0 bridgehead atoms. The van der Waals surface area contributed by atoms with Crippen LogP contribution in [0.3, 0.4) is 0 Å². The number of nitrogens with zero attached hydrogens (tertiary/aromatic N) is 3. The van der Waals surface area contributed by atoms with E-state index in [4.69, 9.17) is 9.72 Å². The van der Waals surface area contributed by atoms with E-state index in [9.17, 15) is 9.59 Å². The van der Waals surface area contributed by atoms with Gasteiger partial charge in [-0.1, -0.05) is 36.0 Å². The highest BCUT2D eigenvalue weighted by Crippen LogP contribution is 2.18. The van der Waals surface area contributed by atoms with Crippen LogP contribution in [-0.2, 0) is 17.8 Å². The maximum Gasteiger partial charge on any atom is 0.262 e. The van der Waals surface area contributed by atoms with Crippen LogP contribution in [0.2, 0.25) is 0 Å². The van der Waals surface area contributed by atoms with Crippen LogP contribution >= 0.6 is 11.8 Å². The minimum absolute atomic E-state index is 0.0644. The van der Waals surface area contributed by atoms with Gasteiger partial charge in [0.1, 0.15) is 5.75 Å². The minimum Gasteiger partial charge on any atom is -0.497 e. The lowest BCUT2D eigenvalue weighted by molar-refractivity contribution is -0.118. The predicted octanol–water partition coefficient (Wildman–Crippen LogP) is 3.97. The molecule has 1 amide bonds. The number of thioether (sulfide) groups is 1. The maximum absolute atomic E-state index is 13.3. The Morgan fingerprint density at radius 3 is 2.43 bits per heavy atom. The molecule has 0 spiro atoms. The third kappa shape index (κ3) is 7.32. The number of rotatable bonds is 12. The van der Waals surface area contributed by atoms with Gasteiger partial charge in [0.2, 0.25) is 5.91 Å². The Morgan fingerprint density at radius 2 is 1.77 bits per heavy atom.